The first kappa shape index (κ1) is 21.1. The Morgan fingerprint density at radius 2 is 1.73 bits per heavy atom. The molecular weight excluding hydrogens is 434 g/mol. The minimum Gasteiger partial charge on any atom is -0.497 e. The molecule has 1 aliphatic rings. The molecule has 0 fully saturated rings. The minimum absolute atomic E-state index is 0.104. The highest BCUT2D eigenvalue weighted by atomic mass is 32.2. The van der Waals surface area contributed by atoms with Crippen molar-refractivity contribution in [3.05, 3.63) is 90.0 Å². The van der Waals surface area contributed by atoms with Crippen LogP contribution in [0.3, 0.4) is 0 Å². The topological polar surface area (TPSA) is 81.1 Å². The summed E-state index contributed by atoms with van der Waals surface area (Å²) in [5, 5.41) is 12.0. The van der Waals surface area contributed by atoms with Gasteiger partial charge in [-0.1, -0.05) is 71.9 Å². The van der Waals surface area contributed by atoms with Crippen molar-refractivity contribution in [2.24, 2.45) is 0 Å². The molecule has 0 radical (unpaired) electrons. The molecule has 0 aliphatic carbocycles. The van der Waals surface area contributed by atoms with Crippen molar-refractivity contribution in [2.75, 3.05) is 17.9 Å². The molecule has 33 heavy (non-hydrogen) atoms. The number of aromatic nitrogens is 3. The average molecular weight is 458 g/mol. The van der Waals surface area contributed by atoms with Gasteiger partial charge in [-0.05, 0) is 36.8 Å². The summed E-state index contributed by atoms with van der Waals surface area (Å²) >= 11 is 1.40. The van der Waals surface area contributed by atoms with Gasteiger partial charge in [-0.3, -0.25) is 4.79 Å². The first-order chi connectivity index (χ1) is 16.1. The third kappa shape index (κ3) is 4.29. The number of carbonyl (C=O) groups is 1. The standard InChI is InChI=1S/C25H23N5O2S/c1-16-8-12-19(13-9-16)26-24(31)22-21(17-10-14-20(32-2)15-11-17)29-30-23(27-28-25(30)33-22)18-6-4-3-5-7-18/h3-15,21-22,29H,1-2H3,(H,26,31)/t21-,22+/m0/s1. The molecule has 3 aromatic carbocycles. The predicted octanol–water partition coefficient (Wildman–Crippen LogP) is 4.66. The number of carbonyl (C=O) groups excluding carboxylic acids is 1. The van der Waals surface area contributed by atoms with E-state index in [1.807, 2.05) is 90.5 Å². The normalized spacial score (nSPS) is 17.0. The monoisotopic (exact) mass is 457 g/mol. The number of nitrogens with zero attached hydrogens (tertiary/aromatic N) is 3. The molecule has 5 rings (SSSR count). The third-order valence-corrected chi connectivity index (χ3v) is 6.74. The van der Waals surface area contributed by atoms with Crippen molar-refractivity contribution in [1.29, 1.82) is 0 Å². The molecule has 2 atom stereocenters. The summed E-state index contributed by atoms with van der Waals surface area (Å²) < 4.78 is 7.18. The van der Waals surface area contributed by atoms with Gasteiger partial charge >= 0.3 is 0 Å². The second kappa shape index (κ2) is 8.99. The number of anilines is 1. The van der Waals surface area contributed by atoms with Gasteiger partial charge in [0.1, 0.15) is 11.0 Å². The van der Waals surface area contributed by atoms with Crippen LogP contribution in [0.2, 0.25) is 0 Å². The van der Waals surface area contributed by atoms with Crippen LogP contribution in [0.15, 0.2) is 84.0 Å². The molecule has 0 saturated carbocycles. The fourth-order valence-electron chi connectivity index (χ4n) is 3.74. The van der Waals surface area contributed by atoms with E-state index < -0.39 is 5.25 Å². The van der Waals surface area contributed by atoms with Gasteiger partial charge in [-0.2, -0.15) is 0 Å². The number of ether oxygens (including phenoxy) is 1. The largest absolute Gasteiger partial charge is 0.497 e. The fraction of sp³-hybridized carbons (Fsp3) is 0.160. The van der Waals surface area contributed by atoms with Gasteiger partial charge in [0.05, 0.1) is 13.2 Å². The van der Waals surface area contributed by atoms with Gasteiger partial charge < -0.3 is 15.5 Å². The van der Waals surface area contributed by atoms with E-state index in [0.29, 0.717) is 11.0 Å². The van der Waals surface area contributed by atoms with Crippen molar-refractivity contribution < 1.29 is 9.53 Å². The summed E-state index contributed by atoms with van der Waals surface area (Å²) in [7, 11) is 1.64. The Hall–Kier alpha value is -3.78. The van der Waals surface area contributed by atoms with Gasteiger partial charge in [0.15, 0.2) is 5.82 Å². The van der Waals surface area contributed by atoms with Crippen LogP contribution in [0.5, 0.6) is 5.75 Å². The van der Waals surface area contributed by atoms with Crippen molar-refractivity contribution in [3.8, 4) is 17.1 Å². The summed E-state index contributed by atoms with van der Waals surface area (Å²) in [5.41, 5.74) is 7.30. The molecule has 166 valence electrons. The lowest BCUT2D eigenvalue weighted by Gasteiger charge is -2.33. The molecule has 7 nitrogen and oxygen atoms in total. The molecule has 0 saturated heterocycles. The molecule has 0 unspecified atom stereocenters. The lowest BCUT2D eigenvalue weighted by atomic mass is 10.0. The number of benzene rings is 3. The number of amides is 1. The molecular formula is C25H23N5O2S. The first-order valence-corrected chi connectivity index (χ1v) is 11.5. The summed E-state index contributed by atoms with van der Waals surface area (Å²) in [4.78, 5) is 13.4. The number of aryl methyl sites for hydroxylation is 1. The summed E-state index contributed by atoms with van der Waals surface area (Å²) in [6.07, 6.45) is 0. The molecule has 1 amide bonds. The molecule has 2 N–H and O–H groups in total. The smallest absolute Gasteiger partial charge is 0.240 e. The van der Waals surface area contributed by atoms with Gasteiger partial charge in [0, 0.05) is 11.3 Å². The van der Waals surface area contributed by atoms with Crippen LogP contribution in [0.4, 0.5) is 5.69 Å². The maximum atomic E-state index is 13.4. The van der Waals surface area contributed by atoms with E-state index in [0.717, 1.165) is 28.1 Å². The van der Waals surface area contributed by atoms with Crippen molar-refractivity contribution >= 4 is 23.4 Å². The molecule has 4 aromatic rings. The molecule has 0 bridgehead atoms. The molecule has 2 heterocycles. The first-order valence-electron chi connectivity index (χ1n) is 10.6. The van der Waals surface area contributed by atoms with Crippen molar-refractivity contribution in [2.45, 2.75) is 23.4 Å². The van der Waals surface area contributed by atoms with Crippen LogP contribution < -0.4 is 15.5 Å². The summed E-state index contributed by atoms with van der Waals surface area (Å²) in [6, 6.07) is 25.1. The van der Waals surface area contributed by atoms with Gasteiger partial charge in [-0.15, -0.1) is 10.2 Å². The zero-order valence-corrected chi connectivity index (χ0v) is 19.0. The second-order valence-corrected chi connectivity index (χ2v) is 8.89. The van der Waals surface area contributed by atoms with E-state index in [4.69, 9.17) is 4.74 Å². The van der Waals surface area contributed by atoms with Crippen LogP contribution in [0.1, 0.15) is 17.2 Å². The lowest BCUT2D eigenvalue weighted by Crippen LogP contribution is -2.41. The van der Waals surface area contributed by atoms with E-state index in [9.17, 15) is 4.79 Å². The molecule has 0 spiro atoms. The Morgan fingerprint density at radius 3 is 2.42 bits per heavy atom. The SMILES string of the molecule is COc1ccc([C@@H]2Nn3c(nnc3-c3ccccc3)S[C@H]2C(=O)Nc2ccc(C)cc2)cc1. The van der Waals surface area contributed by atoms with Crippen LogP contribution in [0.25, 0.3) is 11.4 Å². The maximum Gasteiger partial charge on any atom is 0.240 e. The van der Waals surface area contributed by atoms with Gasteiger partial charge in [0.25, 0.3) is 0 Å². The van der Waals surface area contributed by atoms with E-state index in [-0.39, 0.29) is 11.9 Å². The zero-order valence-electron chi connectivity index (χ0n) is 18.2. The highest BCUT2D eigenvalue weighted by molar-refractivity contribution is 8.00. The Labute approximate surface area is 196 Å². The molecule has 1 aliphatic heterocycles. The van der Waals surface area contributed by atoms with Crippen molar-refractivity contribution in [3.63, 3.8) is 0 Å². The molecule has 8 heteroatoms. The minimum atomic E-state index is -0.458. The van der Waals surface area contributed by atoms with E-state index in [1.165, 1.54) is 11.8 Å². The van der Waals surface area contributed by atoms with E-state index in [2.05, 4.69) is 20.9 Å². The average Bonchev–Trinajstić information content (AvgIpc) is 3.28. The Morgan fingerprint density at radius 1 is 1.00 bits per heavy atom. The Balaban J connectivity index is 1.50. The van der Waals surface area contributed by atoms with Crippen LogP contribution in [-0.2, 0) is 4.79 Å². The maximum absolute atomic E-state index is 13.4. The summed E-state index contributed by atoms with van der Waals surface area (Å²) in [5.74, 6) is 1.36. The highest BCUT2D eigenvalue weighted by Crippen LogP contribution is 2.39. The molecule has 1 aromatic heterocycles. The third-order valence-electron chi connectivity index (χ3n) is 5.52. The quantitative estimate of drug-likeness (QED) is 0.454. The number of methoxy groups -OCH3 is 1. The van der Waals surface area contributed by atoms with Crippen LogP contribution in [0, 0.1) is 6.92 Å². The van der Waals surface area contributed by atoms with E-state index >= 15 is 0 Å². The number of hydrogen-bond acceptors (Lipinski definition) is 6. The second-order valence-electron chi connectivity index (χ2n) is 7.78. The number of thioether (sulfide) groups is 1. The summed E-state index contributed by atoms with van der Waals surface area (Å²) in [6.45, 7) is 2.02. The number of hydrogen-bond donors (Lipinski definition) is 2. The van der Waals surface area contributed by atoms with Gasteiger partial charge in [-0.25, -0.2) is 4.68 Å². The Bertz CT molecular complexity index is 1260. The fourth-order valence-corrected chi connectivity index (χ4v) is 4.82. The number of rotatable bonds is 5. The lowest BCUT2D eigenvalue weighted by molar-refractivity contribution is -0.116. The van der Waals surface area contributed by atoms with Crippen LogP contribution >= 0.6 is 11.8 Å². The number of fused-ring (bicyclic) bond motifs is 1. The predicted molar refractivity (Wildman–Crippen MR) is 130 cm³/mol. The van der Waals surface area contributed by atoms with Crippen molar-refractivity contribution in [1.82, 2.24) is 14.9 Å². The number of nitrogens with one attached hydrogen (secondary N) is 2. The van der Waals surface area contributed by atoms with Gasteiger partial charge in [0.2, 0.25) is 11.1 Å². The van der Waals surface area contributed by atoms with E-state index in [1.54, 1.807) is 7.11 Å². The zero-order chi connectivity index (χ0) is 22.8. The highest BCUT2D eigenvalue weighted by Gasteiger charge is 2.38. The Kier molecular flexibility index (Phi) is 5.75. The van der Waals surface area contributed by atoms with Crippen LogP contribution in [-0.4, -0.2) is 33.1 Å².